The molecule has 1 saturated carbocycles. The predicted octanol–water partition coefficient (Wildman–Crippen LogP) is 2.49. The number of hydrogen-bond donors (Lipinski definition) is 3. The van der Waals surface area contributed by atoms with E-state index in [4.69, 9.17) is 5.73 Å². The molecule has 0 spiro atoms. The molecule has 0 heterocycles. The number of nitrogens with one attached hydrogen (secondary N) is 2. The average Bonchev–Trinajstić information content (AvgIpc) is 2.94. The maximum Gasteiger partial charge on any atom is 0.227 e. The molecule has 0 radical (unpaired) electrons. The molecule has 4 N–H and O–H groups in total. The van der Waals surface area contributed by atoms with E-state index in [2.05, 4.69) is 10.6 Å². The van der Waals surface area contributed by atoms with Crippen LogP contribution >= 0.6 is 24.8 Å². The molecule has 0 aliphatic heterocycles. The van der Waals surface area contributed by atoms with Crippen molar-refractivity contribution in [2.75, 3.05) is 31.3 Å². The normalized spacial score (nSPS) is 18.9. The highest BCUT2D eigenvalue weighted by molar-refractivity contribution is 5.94. The lowest BCUT2D eigenvalue weighted by Crippen LogP contribution is -2.23. The standard InChI is InChI=1S/C17H26N4O2.2ClH/c1-21(2)10-9-16(22)19-14-5-7-15(8-6-14)20-17(23)12-3-4-13(18)11-12;;/h5-8,12-13H,3-4,9-11,18H2,1-2H3,(H,19,22)(H,20,23);2*1H. The maximum absolute atomic E-state index is 12.1. The first-order chi connectivity index (χ1) is 10.9. The summed E-state index contributed by atoms with van der Waals surface area (Å²) in [4.78, 5) is 25.9. The summed E-state index contributed by atoms with van der Waals surface area (Å²) in [5.74, 6) is 0.0200. The van der Waals surface area contributed by atoms with E-state index in [0.717, 1.165) is 30.6 Å². The minimum Gasteiger partial charge on any atom is -0.328 e. The lowest BCUT2D eigenvalue weighted by Gasteiger charge is -2.12. The SMILES string of the molecule is CN(C)CCC(=O)Nc1ccc(NC(=O)C2CCC(N)C2)cc1.Cl.Cl. The Hall–Kier alpha value is -1.34. The number of carbonyl (C=O) groups excluding carboxylic acids is 2. The lowest BCUT2D eigenvalue weighted by atomic mass is 10.1. The van der Waals surface area contributed by atoms with Crippen molar-refractivity contribution in [3.63, 3.8) is 0 Å². The van der Waals surface area contributed by atoms with Crippen molar-refractivity contribution >= 4 is 48.0 Å². The van der Waals surface area contributed by atoms with Crippen LogP contribution in [0.2, 0.25) is 0 Å². The van der Waals surface area contributed by atoms with Crippen molar-refractivity contribution in [3.8, 4) is 0 Å². The molecular formula is C17H28Cl2N4O2. The van der Waals surface area contributed by atoms with Gasteiger partial charge in [0.05, 0.1) is 0 Å². The largest absolute Gasteiger partial charge is 0.328 e. The highest BCUT2D eigenvalue weighted by Gasteiger charge is 2.27. The van der Waals surface area contributed by atoms with Gasteiger partial charge in [0.25, 0.3) is 0 Å². The molecule has 1 aromatic carbocycles. The molecule has 1 aliphatic rings. The predicted molar refractivity (Wildman–Crippen MR) is 107 cm³/mol. The quantitative estimate of drug-likeness (QED) is 0.695. The van der Waals surface area contributed by atoms with E-state index in [1.165, 1.54) is 0 Å². The van der Waals surface area contributed by atoms with Crippen LogP contribution in [0.15, 0.2) is 24.3 Å². The second-order valence-corrected chi connectivity index (χ2v) is 6.44. The van der Waals surface area contributed by atoms with Crippen LogP contribution < -0.4 is 16.4 Å². The Bertz CT molecular complexity index is 552. The lowest BCUT2D eigenvalue weighted by molar-refractivity contribution is -0.119. The van der Waals surface area contributed by atoms with Crippen molar-refractivity contribution in [2.45, 2.75) is 31.7 Å². The molecule has 0 bridgehead atoms. The first kappa shape index (κ1) is 23.7. The number of hydrogen-bond acceptors (Lipinski definition) is 4. The van der Waals surface area contributed by atoms with Crippen LogP contribution in [0.5, 0.6) is 0 Å². The van der Waals surface area contributed by atoms with Gasteiger partial charge in [0, 0.05) is 36.3 Å². The van der Waals surface area contributed by atoms with Crippen molar-refractivity contribution in [1.29, 1.82) is 0 Å². The zero-order chi connectivity index (χ0) is 16.8. The van der Waals surface area contributed by atoms with Crippen LogP contribution in [0.25, 0.3) is 0 Å². The fourth-order valence-electron chi connectivity index (χ4n) is 2.68. The Morgan fingerprint density at radius 1 is 1.08 bits per heavy atom. The van der Waals surface area contributed by atoms with Gasteiger partial charge in [-0.15, -0.1) is 24.8 Å². The summed E-state index contributed by atoms with van der Waals surface area (Å²) < 4.78 is 0. The van der Waals surface area contributed by atoms with Gasteiger partial charge in [0.2, 0.25) is 11.8 Å². The first-order valence-corrected chi connectivity index (χ1v) is 8.05. The van der Waals surface area contributed by atoms with Crippen molar-refractivity contribution < 1.29 is 9.59 Å². The second-order valence-electron chi connectivity index (χ2n) is 6.44. The summed E-state index contributed by atoms with van der Waals surface area (Å²) in [5.41, 5.74) is 7.31. The summed E-state index contributed by atoms with van der Waals surface area (Å²) in [6.07, 6.45) is 2.97. The molecule has 2 atom stereocenters. The summed E-state index contributed by atoms with van der Waals surface area (Å²) in [5, 5.41) is 5.76. The van der Waals surface area contributed by atoms with Crippen molar-refractivity contribution in [2.24, 2.45) is 11.7 Å². The van der Waals surface area contributed by atoms with Gasteiger partial charge in [-0.05, 0) is 57.6 Å². The molecule has 2 amide bonds. The minimum atomic E-state index is -0.0181. The third-order valence-corrected chi connectivity index (χ3v) is 4.07. The second kappa shape index (κ2) is 11.3. The molecule has 2 rings (SSSR count). The van der Waals surface area contributed by atoms with Crippen LogP contribution in [0.3, 0.4) is 0 Å². The molecule has 6 nitrogen and oxygen atoms in total. The molecule has 8 heteroatoms. The minimum absolute atomic E-state index is 0. The fourth-order valence-corrected chi connectivity index (χ4v) is 2.68. The monoisotopic (exact) mass is 390 g/mol. The third kappa shape index (κ3) is 8.05. The van der Waals surface area contributed by atoms with E-state index in [1.54, 1.807) is 24.3 Å². The van der Waals surface area contributed by atoms with E-state index in [-0.39, 0.29) is 48.6 Å². The number of amides is 2. The van der Waals surface area contributed by atoms with Gasteiger partial charge < -0.3 is 21.3 Å². The Morgan fingerprint density at radius 3 is 2.12 bits per heavy atom. The fraction of sp³-hybridized carbons (Fsp3) is 0.529. The van der Waals surface area contributed by atoms with Gasteiger partial charge in [0.15, 0.2) is 0 Å². The molecule has 1 aromatic rings. The van der Waals surface area contributed by atoms with Crippen LogP contribution in [-0.4, -0.2) is 43.4 Å². The zero-order valence-electron chi connectivity index (χ0n) is 14.7. The van der Waals surface area contributed by atoms with E-state index in [9.17, 15) is 9.59 Å². The number of benzene rings is 1. The average molecular weight is 391 g/mol. The molecule has 1 fully saturated rings. The maximum atomic E-state index is 12.1. The van der Waals surface area contributed by atoms with E-state index >= 15 is 0 Å². The smallest absolute Gasteiger partial charge is 0.227 e. The Morgan fingerprint density at radius 2 is 1.64 bits per heavy atom. The summed E-state index contributed by atoms with van der Waals surface area (Å²) in [6.45, 7) is 0.712. The van der Waals surface area contributed by atoms with Gasteiger partial charge in [-0.2, -0.15) is 0 Å². The molecule has 0 aromatic heterocycles. The summed E-state index contributed by atoms with van der Waals surface area (Å²) in [6, 6.07) is 7.33. The van der Waals surface area contributed by atoms with Crippen molar-refractivity contribution in [3.05, 3.63) is 24.3 Å². The molecule has 1 aliphatic carbocycles. The molecular weight excluding hydrogens is 363 g/mol. The summed E-state index contributed by atoms with van der Waals surface area (Å²) >= 11 is 0. The van der Waals surface area contributed by atoms with Crippen LogP contribution in [-0.2, 0) is 9.59 Å². The molecule has 0 saturated heterocycles. The van der Waals surface area contributed by atoms with Gasteiger partial charge in [-0.1, -0.05) is 0 Å². The number of rotatable bonds is 6. The number of nitrogens with two attached hydrogens (primary N) is 1. The highest BCUT2D eigenvalue weighted by atomic mass is 35.5. The number of anilines is 2. The number of halogens is 2. The Labute approximate surface area is 161 Å². The van der Waals surface area contributed by atoms with Gasteiger partial charge >= 0.3 is 0 Å². The van der Waals surface area contributed by atoms with Gasteiger partial charge in [-0.25, -0.2) is 0 Å². The van der Waals surface area contributed by atoms with E-state index in [1.807, 2.05) is 19.0 Å². The van der Waals surface area contributed by atoms with Crippen LogP contribution in [0, 0.1) is 5.92 Å². The number of nitrogens with zero attached hydrogens (tertiary/aromatic N) is 1. The first-order valence-electron chi connectivity index (χ1n) is 8.05. The Kier molecular flexibility index (Phi) is 10.7. The molecule has 142 valence electrons. The topological polar surface area (TPSA) is 87.5 Å². The van der Waals surface area contributed by atoms with Gasteiger partial charge in [-0.3, -0.25) is 9.59 Å². The molecule has 2 unspecified atom stereocenters. The van der Waals surface area contributed by atoms with Crippen LogP contribution in [0.4, 0.5) is 11.4 Å². The van der Waals surface area contributed by atoms with Crippen LogP contribution in [0.1, 0.15) is 25.7 Å². The van der Waals surface area contributed by atoms with Crippen molar-refractivity contribution in [1.82, 2.24) is 4.90 Å². The third-order valence-electron chi connectivity index (χ3n) is 4.07. The number of carbonyl (C=O) groups is 2. The highest BCUT2D eigenvalue weighted by Crippen LogP contribution is 2.25. The van der Waals surface area contributed by atoms with E-state index < -0.39 is 0 Å². The zero-order valence-corrected chi connectivity index (χ0v) is 16.3. The molecule has 25 heavy (non-hydrogen) atoms. The summed E-state index contributed by atoms with van der Waals surface area (Å²) in [7, 11) is 3.87. The van der Waals surface area contributed by atoms with Gasteiger partial charge in [0.1, 0.15) is 0 Å². The Balaban J connectivity index is 0.00000288. The van der Waals surface area contributed by atoms with E-state index in [0.29, 0.717) is 13.0 Å².